The molecule has 1 rings (SSSR count). The lowest BCUT2D eigenvalue weighted by Crippen LogP contribution is -2.19. The van der Waals surface area contributed by atoms with Crippen molar-refractivity contribution in [3.63, 3.8) is 0 Å². The number of hydrogen-bond acceptors (Lipinski definition) is 2. The monoisotopic (exact) mass is 188 g/mol. The van der Waals surface area contributed by atoms with Gasteiger partial charge < -0.3 is 9.84 Å². The van der Waals surface area contributed by atoms with Gasteiger partial charge in [-0.2, -0.15) is 0 Å². The molecule has 0 aromatic carbocycles. The highest BCUT2D eigenvalue weighted by atomic mass is 16.5. The van der Waals surface area contributed by atoms with E-state index in [9.17, 15) is 0 Å². The second kappa shape index (κ2) is 8.52. The normalized spacial score (nSPS) is 27.7. The van der Waals surface area contributed by atoms with Crippen LogP contribution in [0.15, 0.2) is 0 Å². The van der Waals surface area contributed by atoms with Gasteiger partial charge in [-0.15, -0.1) is 0 Å². The topological polar surface area (TPSA) is 29.5 Å². The summed E-state index contributed by atoms with van der Waals surface area (Å²) >= 11 is 0. The van der Waals surface area contributed by atoms with Gasteiger partial charge >= 0.3 is 0 Å². The van der Waals surface area contributed by atoms with Crippen LogP contribution in [0.3, 0.4) is 0 Å². The molecule has 80 valence electrons. The molecular weight excluding hydrogens is 164 g/mol. The van der Waals surface area contributed by atoms with Crippen LogP contribution in [-0.2, 0) is 4.74 Å². The van der Waals surface area contributed by atoms with E-state index in [2.05, 4.69) is 0 Å². The fourth-order valence-corrected chi connectivity index (χ4v) is 1.82. The average Bonchev–Trinajstić information content (AvgIpc) is 2.23. The van der Waals surface area contributed by atoms with E-state index in [1.54, 1.807) is 7.11 Å². The van der Waals surface area contributed by atoms with Gasteiger partial charge in [-0.25, -0.2) is 0 Å². The van der Waals surface area contributed by atoms with Gasteiger partial charge in [-0.3, -0.25) is 0 Å². The van der Waals surface area contributed by atoms with Gasteiger partial charge in [0.05, 0.1) is 0 Å². The van der Waals surface area contributed by atoms with E-state index in [1.807, 2.05) is 13.8 Å². The van der Waals surface area contributed by atoms with Crippen molar-refractivity contribution in [2.45, 2.75) is 39.5 Å². The van der Waals surface area contributed by atoms with Crippen LogP contribution in [0.25, 0.3) is 0 Å². The Kier molecular flexibility index (Phi) is 8.46. The number of aliphatic hydroxyl groups is 1. The van der Waals surface area contributed by atoms with Crippen LogP contribution in [0.1, 0.15) is 39.5 Å². The predicted octanol–water partition coefficient (Wildman–Crippen LogP) is 2.46. The SMILES string of the molecule is CC.COCC1CCC(CO)CC1. The largest absolute Gasteiger partial charge is 0.396 e. The third-order valence-electron chi connectivity index (χ3n) is 2.63. The molecule has 0 atom stereocenters. The van der Waals surface area contributed by atoms with Gasteiger partial charge in [0.25, 0.3) is 0 Å². The average molecular weight is 188 g/mol. The number of hydrogen-bond donors (Lipinski definition) is 1. The molecule has 1 saturated carbocycles. The minimum atomic E-state index is 0.375. The maximum Gasteiger partial charge on any atom is 0.0490 e. The van der Waals surface area contributed by atoms with Gasteiger partial charge in [0.15, 0.2) is 0 Å². The van der Waals surface area contributed by atoms with Crippen LogP contribution in [-0.4, -0.2) is 25.4 Å². The van der Waals surface area contributed by atoms with E-state index in [0.717, 1.165) is 12.5 Å². The Morgan fingerprint density at radius 1 is 1.08 bits per heavy atom. The van der Waals surface area contributed by atoms with Crippen molar-refractivity contribution in [3.05, 3.63) is 0 Å². The third kappa shape index (κ3) is 5.27. The summed E-state index contributed by atoms with van der Waals surface area (Å²) < 4.78 is 5.09. The van der Waals surface area contributed by atoms with E-state index in [-0.39, 0.29) is 0 Å². The molecule has 0 aromatic rings. The van der Waals surface area contributed by atoms with Gasteiger partial charge in [-0.1, -0.05) is 13.8 Å². The van der Waals surface area contributed by atoms with Crippen molar-refractivity contribution in [1.29, 1.82) is 0 Å². The van der Waals surface area contributed by atoms with Gasteiger partial charge in [0, 0.05) is 20.3 Å². The zero-order valence-electron chi connectivity index (χ0n) is 9.25. The zero-order chi connectivity index (χ0) is 10.1. The fourth-order valence-electron chi connectivity index (χ4n) is 1.82. The molecule has 1 aliphatic carbocycles. The number of rotatable bonds is 3. The number of methoxy groups -OCH3 is 1. The van der Waals surface area contributed by atoms with Crippen LogP contribution in [0, 0.1) is 11.8 Å². The summed E-state index contributed by atoms with van der Waals surface area (Å²) in [6, 6.07) is 0. The van der Waals surface area contributed by atoms with E-state index < -0.39 is 0 Å². The summed E-state index contributed by atoms with van der Waals surface area (Å²) in [4.78, 5) is 0. The molecule has 0 aliphatic heterocycles. The second-order valence-corrected chi connectivity index (χ2v) is 3.52. The maximum absolute atomic E-state index is 8.88. The maximum atomic E-state index is 8.88. The molecule has 0 aromatic heterocycles. The highest BCUT2D eigenvalue weighted by Crippen LogP contribution is 2.28. The molecule has 1 fully saturated rings. The first-order chi connectivity index (χ1) is 6.36. The Balaban J connectivity index is 0.000000671. The highest BCUT2D eigenvalue weighted by molar-refractivity contribution is 4.71. The minimum Gasteiger partial charge on any atom is -0.396 e. The van der Waals surface area contributed by atoms with Crippen molar-refractivity contribution < 1.29 is 9.84 Å². The lowest BCUT2D eigenvalue weighted by molar-refractivity contribution is 0.102. The first-order valence-electron chi connectivity index (χ1n) is 5.46. The summed E-state index contributed by atoms with van der Waals surface area (Å²) in [6.07, 6.45) is 4.84. The Labute approximate surface area is 82.3 Å². The number of ether oxygens (including phenoxy) is 1. The number of aliphatic hydroxyl groups excluding tert-OH is 1. The Morgan fingerprint density at radius 3 is 1.92 bits per heavy atom. The molecule has 0 radical (unpaired) electrons. The molecule has 1 N–H and O–H groups in total. The molecule has 0 amide bonds. The summed E-state index contributed by atoms with van der Waals surface area (Å²) in [5, 5.41) is 8.88. The molecule has 0 bridgehead atoms. The van der Waals surface area contributed by atoms with Crippen LogP contribution < -0.4 is 0 Å². The van der Waals surface area contributed by atoms with Crippen molar-refractivity contribution in [1.82, 2.24) is 0 Å². The van der Waals surface area contributed by atoms with Crippen LogP contribution >= 0.6 is 0 Å². The van der Waals surface area contributed by atoms with E-state index in [4.69, 9.17) is 9.84 Å². The Morgan fingerprint density at radius 2 is 1.54 bits per heavy atom. The molecular formula is C11H24O2. The summed E-state index contributed by atoms with van der Waals surface area (Å²) in [7, 11) is 1.76. The van der Waals surface area contributed by atoms with Crippen molar-refractivity contribution in [2.24, 2.45) is 11.8 Å². The molecule has 2 nitrogen and oxygen atoms in total. The van der Waals surface area contributed by atoms with Gasteiger partial charge in [0.2, 0.25) is 0 Å². The summed E-state index contributed by atoms with van der Waals surface area (Å²) in [5.41, 5.74) is 0. The lowest BCUT2D eigenvalue weighted by atomic mass is 9.83. The molecule has 0 heterocycles. The highest BCUT2D eigenvalue weighted by Gasteiger charge is 2.19. The Hall–Kier alpha value is -0.0800. The quantitative estimate of drug-likeness (QED) is 0.737. The van der Waals surface area contributed by atoms with E-state index in [1.165, 1.54) is 25.7 Å². The van der Waals surface area contributed by atoms with E-state index in [0.29, 0.717) is 12.5 Å². The second-order valence-electron chi connectivity index (χ2n) is 3.52. The standard InChI is InChI=1S/C9H18O2.C2H6/c1-11-7-9-4-2-8(6-10)3-5-9;1-2/h8-10H,2-7H2,1H3;1-2H3. The lowest BCUT2D eigenvalue weighted by Gasteiger charge is -2.26. The van der Waals surface area contributed by atoms with Crippen LogP contribution in [0.5, 0.6) is 0 Å². The zero-order valence-corrected chi connectivity index (χ0v) is 9.25. The van der Waals surface area contributed by atoms with Crippen LogP contribution in [0.2, 0.25) is 0 Å². The summed E-state index contributed by atoms with van der Waals surface area (Å²) in [6.45, 7) is 5.28. The molecule has 0 unspecified atom stereocenters. The van der Waals surface area contributed by atoms with Crippen molar-refractivity contribution in [3.8, 4) is 0 Å². The van der Waals surface area contributed by atoms with Crippen molar-refractivity contribution in [2.75, 3.05) is 20.3 Å². The third-order valence-corrected chi connectivity index (χ3v) is 2.63. The molecule has 2 heteroatoms. The Bertz CT molecular complexity index is 96.3. The minimum absolute atomic E-state index is 0.375. The molecule has 1 aliphatic rings. The fraction of sp³-hybridized carbons (Fsp3) is 1.00. The predicted molar refractivity (Wildman–Crippen MR) is 55.8 cm³/mol. The van der Waals surface area contributed by atoms with Crippen molar-refractivity contribution >= 4 is 0 Å². The summed E-state index contributed by atoms with van der Waals surface area (Å²) in [5.74, 6) is 1.32. The smallest absolute Gasteiger partial charge is 0.0490 e. The molecule has 13 heavy (non-hydrogen) atoms. The first kappa shape index (κ1) is 12.9. The van der Waals surface area contributed by atoms with Gasteiger partial charge in [0.1, 0.15) is 0 Å². The van der Waals surface area contributed by atoms with Crippen LogP contribution in [0.4, 0.5) is 0 Å². The molecule has 0 spiro atoms. The first-order valence-corrected chi connectivity index (χ1v) is 5.46. The molecule has 0 saturated heterocycles. The van der Waals surface area contributed by atoms with Gasteiger partial charge in [-0.05, 0) is 37.5 Å². The van der Waals surface area contributed by atoms with E-state index >= 15 is 0 Å².